The molecule has 1 aliphatic rings. The molecule has 1 fully saturated rings. The van der Waals surface area contributed by atoms with E-state index < -0.39 is 0 Å². The molecule has 5 nitrogen and oxygen atoms in total. The predicted octanol–water partition coefficient (Wildman–Crippen LogP) is 4.34. The van der Waals surface area contributed by atoms with Crippen LogP contribution in [0.1, 0.15) is 42.5 Å². The van der Waals surface area contributed by atoms with Crippen LogP contribution in [-0.4, -0.2) is 50.3 Å². The topological polar surface area (TPSA) is 50.8 Å². The minimum atomic E-state index is -0.142. The highest BCUT2D eigenvalue weighted by Crippen LogP contribution is 2.29. The van der Waals surface area contributed by atoms with Gasteiger partial charge in [-0.05, 0) is 41.7 Å². The molecule has 1 heterocycles. The van der Waals surface area contributed by atoms with E-state index in [9.17, 15) is 4.79 Å². The third-order valence-electron chi connectivity index (χ3n) is 5.39. The SMILES string of the molecule is Cc1ccc(C(C)C)c(OCC(=O)NC[C@H](c2ccccc2Cl)N2CCOCC2)c1. The summed E-state index contributed by atoms with van der Waals surface area (Å²) in [5.74, 6) is 0.960. The van der Waals surface area contributed by atoms with Gasteiger partial charge in [0.2, 0.25) is 0 Å². The van der Waals surface area contributed by atoms with Crippen molar-refractivity contribution in [2.24, 2.45) is 0 Å². The van der Waals surface area contributed by atoms with Crippen LogP contribution < -0.4 is 10.1 Å². The Morgan fingerprint density at radius 3 is 2.60 bits per heavy atom. The quantitative estimate of drug-likeness (QED) is 0.676. The Bertz CT molecular complexity index is 850. The summed E-state index contributed by atoms with van der Waals surface area (Å²) in [6.07, 6.45) is 0. The van der Waals surface area contributed by atoms with Gasteiger partial charge in [0.25, 0.3) is 5.91 Å². The summed E-state index contributed by atoms with van der Waals surface area (Å²) in [6, 6.07) is 13.9. The molecule has 0 bridgehead atoms. The van der Waals surface area contributed by atoms with Crippen LogP contribution in [0, 0.1) is 6.92 Å². The normalized spacial score (nSPS) is 15.8. The molecule has 3 rings (SSSR count). The van der Waals surface area contributed by atoms with Crippen LogP contribution in [0.5, 0.6) is 5.75 Å². The van der Waals surface area contributed by atoms with Crippen molar-refractivity contribution in [3.63, 3.8) is 0 Å². The number of rotatable bonds is 8. The number of morpholine rings is 1. The Kier molecular flexibility index (Phi) is 8.14. The van der Waals surface area contributed by atoms with E-state index in [1.165, 1.54) is 0 Å². The van der Waals surface area contributed by atoms with Crippen molar-refractivity contribution in [3.05, 3.63) is 64.2 Å². The zero-order valence-corrected chi connectivity index (χ0v) is 18.7. The molecule has 2 aromatic carbocycles. The third kappa shape index (κ3) is 5.97. The summed E-state index contributed by atoms with van der Waals surface area (Å²) in [6.45, 7) is 9.70. The molecule has 1 saturated heterocycles. The average Bonchev–Trinajstić information content (AvgIpc) is 2.74. The first-order chi connectivity index (χ1) is 14.5. The fourth-order valence-corrected chi connectivity index (χ4v) is 3.98. The molecular formula is C24H31ClN2O3. The van der Waals surface area contributed by atoms with E-state index in [0.717, 1.165) is 35.5 Å². The highest BCUT2D eigenvalue weighted by molar-refractivity contribution is 6.31. The van der Waals surface area contributed by atoms with Gasteiger partial charge >= 0.3 is 0 Å². The largest absolute Gasteiger partial charge is 0.483 e. The maximum Gasteiger partial charge on any atom is 0.258 e. The van der Waals surface area contributed by atoms with Gasteiger partial charge in [-0.3, -0.25) is 9.69 Å². The molecule has 1 N–H and O–H groups in total. The van der Waals surface area contributed by atoms with Gasteiger partial charge in [0, 0.05) is 24.7 Å². The minimum Gasteiger partial charge on any atom is -0.483 e. The van der Waals surface area contributed by atoms with Crippen molar-refractivity contribution in [1.29, 1.82) is 0 Å². The van der Waals surface area contributed by atoms with Crippen molar-refractivity contribution in [1.82, 2.24) is 10.2 Å². The zero-order valence-electron chi connectivity index (χ0n) is 18.0. The molecular weight excluding hydrogens is 400 g/mol. The number of hydrogen-bond donors (Lipinski definition) is 1. The lowest BCUT2D eigenvalue weighted by Crippen LogP contribution is -2.44. The smallest absolute Gasteiger partial charge is 0.258 e. The van der Waals surface area contributed by atoms with E-state index in [-0.39, 0.29) is 18.6 Å². The van der Waals surface area contributed by atoms with E-state index >= 15 is 0 Å². The number of benzene rings is 2. The van der Waals surface area contributed by atoms with Crippen LogP contribution in [0.4, 0.5) is 0 Å². The lowest BCUT2D eigenvalue weighted by molar-refractivity contribution is -0.123. The molecule has 0 saturated carbocycles. The Balaban J connectivity index is 1.63. The van der Waals surface area contributed by atoms with Gasteiger partial charge < -0.3 is 14.8 Å². The number of nitrogens with one attached hydrogen (secondary N) is 1. The second kappa shape index (κ2) is 10.8. The van der Waals surface area contributed by atoms with Crippen LogP contribution in [0.25, 0.3) is 0 Å². The first kappa shape index (κ1) is 22.6. The van der Waals surface area contributed by atoms with E-state index in [4.69, 9.17) is 21.1 Å². The van der Waals surface area contributed by atoms with Crippen molar-refractivity contribution in [2.45, 2.75) is 32.7 Å². The number of carbonyl (C=O) groups is 1. The summed E-state index contributed by atoms with van der Waals surface area (Å²) in [5.41, 5.74) is 3.24. The van der Waals surface area contributed by atoms with E-state index in [0.29, 0.717) is 30.7 Å². The fourth-order valence-electron chi connectivity index (χ4n) is 3.72. The number of hydrogen-bond acceptors (Lipinski definition) is 4. The molecule has 0 aliphatic carbocycles. The number of halogens is 1. The fraction of sp³-hybridized carbons (Fsp3) is 0.458. The van der Waals surface area contributed by atoms with Gasteiger partial charge in [-0.25, -0.2) is 0 Å². The second-order valence-electron chi connectivity index (χ2n) is 7.97. The van der Waals surface area contributed by atoms with Crippen LogP contribution in [0.3, 0.4) is 0 Å². The molecule has 6 heteroatoms. The van der Waals surface area contributed by atoms with Crippen LogP contribution in [0.2, 0.25) is 5.02 Å². The van der Waals surface area contributed by atoms with Crippen molar-refractivity contribution >= 4 is 17.5 Å². The lowest BCUT2D eigenvalue weighted by atomic mass is 10.0. The van der Waals surface area contributed by atoms with Gasteiger partial charge in [0.1, 0.15) is 5.75 Å². The van der Waals surface area contributed by atoms with Gasteiger partial charge in [-0.15, -0.1) is 0 Å². The van der Waals surface area contributed by atoms with Gasteiger partial charge in [-0.1, -0.05) is 55.8 Å². The maximum atomic E-state index is 12.6. The van der Waals surface area contributed by atoms with Crippen LogP contribution in [0.15, 0.2) is 42.5 Å². The zero-order chi connectivity index (χ0) is 21.5. The number of ether oxygens (including phenoxy) is 2. The molecule has 1 aliphatic heterocycles. The summed E-state index contributed by atoms with van der Waals surface area (Å²) >= 11 is 6.46. The average molecular weight is 431 g/mol. The summed E-state index contributed by atoms with van der Waals surface area (Å²) in [5, 5.41) is 3.74. The van der Waals surface area contributed by atoms with E-state index in [2.05, 4.69) is 36.2 Å². The Hall–Kier alpha value is -2.08. The Labute approximate surface area is 184 Å². The third-order valence-corrected chi connectivity index (χ3v) is 5.74. The second-order valence-corrected chi connectivity index (χ2v) is 8.38. The standard InChI is InChI=1S/C24H31ClN2O3/c1-17(2)19-9-8-18(3)14-23(19)30-16-24(28)26-15-22(27-10-12-29-13-11-27)20-6-4-5-7-21(20)25/h4-9,14,17,22H,10-13,15-16H2,1-3H3,(H,26,28)/t22-/m1/s1. The van der Waals surface area contributed by atoms with Crippen molar-refractivity contribution in [2.75, 3.05) is 39.5 Å². The van der Waals surface area contributed by atoms with Crippen molar-refractivity contribution in [3.8, 4) is 5.75 Å². The lowest BCUT2D eigenvalue weighted by Gasteiger charge is -2.35. The van der Waals surface area contributed by atoms with Crippen LogP contribution >= 0.6 is 11.6 Å². The van der Waals surface area contributed by atoms with Crippen LogP contribution in [-0.2, 0) is 9.53 Å². The van der Waals surface area contributed by atoms with E-state index in [1.807, 2.05) is 37.3 Å². The Morgan fingerprint density at radius 2 is 1.90 bits per heavy atom. The molecule has 0 radical (unpaired) electrons. The molecule has 0 unspecified atom stereocenters. The first-order valence-corrected chi connectivity index (χ1v) is 10.9. The van der Waals surface area contributed by atoms with Gasteiger partial charge in [0.15, 0.2) is 6.61 Å². The molecule has 162 valence electrons. The molecule has 1 amide bonds. The van der Waals surface area contributed by atoms with Gasteiger partial charge in [-0.2, -0.15) is 0 Å². The highest BCUT2D eigenvalue weighted by atomic mass is 35.5. The first-order valence-electron chi connectivity index (χ1n) is 10.5. The molecule has 30 heavy (non-hydrogen) atoms. The predicted molar refractivity (Wildman–Crippen MR) is 120 cm³/mol. The van der Waals surface area contributed by atoms with E-state index in [1.54, 1.807) is 0 Å². The van der Waals surface area contributed by atoms with Crippen molar-refractivity contribution < 1.29 is 14.3 Å². The highest BCUT2D eigenvalue weighted by Gasteiger charge is 2.25. The maximum absolute atomic E-state index is 12.6. The molecule has 0 spiro atoms. The Morgan fingerprint density at radius 1 is 1.17 bits per heavy atom. The summed E-state index contributed by atoms with van der Waals surface area (Å²) < 4.78 is 11.4. The van der Waals surface area contributed by atoms with Gasteiger partial charge in [0.05, 0.1) is 19.3 Å². The minimum absolute atomic E-state index is 0.00301. The molecule has 2 aromatic rings. The molecule has 0 aromatic heterocycles. The summed E-state index contributed by atoms with van der Waals surface area (Å²) in [7, 11) is 0. The summed E-state index contributed by atoms with van der Waals surface area (Å²) in [4.78, 5) is 14.9. The molecule has 1 atom stereocenters. The number of nitrogens with zero attached hydrogens (tertiary/aromatic N) is 1. The number of carbonyl (C=O) groups excluding carboxylic acids is 1. The number of amides is 1. The number of aryl methyl sites for hydroxylation is 1. The monoisotopic (exact) mass is 430 g/mol.